The SMILES string of the molecule is CCOc1ccc(C(=O)Nc2ccccc2F)cc1COc1cc(C)cc(C)c1. The third-order valence-corrected chi connectivity index (χ3v) is 4.33. The summed E-state index contributed by atoms with van der Waals surface area (Å²) in [6.07, 6.45) is 0. The van der Waals surface area contributed by atoms with Crippen molar-refractivity contribution in [1.29, 1.82) is 0 Å². The number of benzene rings is 3. The second kappa shape index (κ2) is 9.24. The van der Waals surface area contributed by atoms with Crippen LogP contribution in [0.2, 0.25) is 0 Å². The summed E-state index contributed by atoms with van der Waals surface area (Å²) in [6.45, 7) is 6.67. The number of aryl methyl sites for hydroxylation is 2. The van der Waals surface area contributed by atoms with Gasteiger partial charge in [0.05, 0.1) is 12.3 Å². The van der Waals surface area contributed by atoms with Gasteiger partial charge in [-0.05, 0) is 74.4 Å². The molecule has 0 radical (unpaired) electrons. The lowest BCUT2D eigenvalue weighted by molar-refractivity contribution is 0.102. The Morgan fingerprint density at radius 2 is 1.69 bits per heavy atom. The van der Waals surface area contributed by atoms with Gasteiger partial charge < -0.3 is 14.8 Å². The summed E-state index contributed by atoms with van der Waals surface area (Å²) in [6, 6.07) is 17.2. The van der Waals surface area contributed by atoms with Gasteiger partial charge >= 0.3 is 0 Å². The molecule has 3 rings (SSSR count). The maximum Gasteiger partial charge on any atom is 0.255 e. The van der Waals surface area contributed by atoms with Crippen LogP contribution in [-0.2, 0) is 6.61 Å². The van der Waals surface area contributed by atoms with Gasteiger partial charge in [0.25, 0.3) is 5.91 Å². The Labute approximate surface area is 170 Å². The molecule has 0 atom stereocenters. The number of carbonyl (C=O) groups is 1. The second-order valence-corrected chi connectivity index (χ2v) is 6.80. The maximum absolute atomic E-state index is 13.8. The highest BCUT2D eigenvalue weighted by molar-refractivity contribution is 6.04. The summed E-state index contributed by atoms with van der Waals surface area (Å²) in [5, 5.41) is 2.60. The lowest BCUT2D eigenvalue weighted by Crippen LogP contribution is -2.14. The van der Waals surface area contributed by atoms with E-state index in [1.165, 1.54) is 12.1 Å². The van der Waals surface area contributed by atoms with Crippen molar-refractivity contribution >= 4 is 11.6 Å². The summed E-state index contributed by atoms with van der Waals surface area (Å²) >= 11 is 0. The Hall–Kier alpha value is -3.34. The van der Waals surface area contributed by atoms with Crippen LogP contribution in [0.4, 0.5) is 10.1 Å². The van der Waals surface area contributed by atoms with Crippen molar-refractivity contribution in [3.05, 3.63) is 88.7 Å². The highest BCUT2D eigenvalue weighted by Crippen LogP contribution is 2.25. The van der Waals surface area contributed by atoms with E-state index >= 15 is 0 Å². The van der Waals surface area contributed by atoms with Crippen LogP contribution in [0.3, 0.4) is 0 Å². The number of carbonyl (C=O) groups excluding carboxylic acids is 1. The van der Waals surface area contributed by atoms with Crippen LogP contribution in [0.25, 0.3) is 0 Å². The van der Waals surface area contributed by atoms with Crippen LogP contribution in [0.5, 0.6) is 11.5 Å². The molecule has 3 aromatic carbocycles. The first-order valence-corrected chi connectivity index (χ1v) is 9.49. The molecule has 0 saturated heterocycles. The lowest BCUT2D eigenvalue weighted by Gasteiger charge is -2.14. The highest BCUT2D eigenvalue weighted by Gasteiger charge is 2.13. The van der Waals surface area contributed by atoms with Gasteiger partial charge in [-0.15, -0.1) is 0 Å². The van der Waals surface area contributed by atoms with Crippen LogP contribution in [0.15, 0.2) is 60.7 Å². The van der Waals surface area contributed by atoms with E-state index in [1.54, 1.807) is 30.3 Å². The molecule has 0 saturated carbocycles. The van der Waals surface area contributed by atoms with Crippen LogP contribution >= 0.6 is 0 Å². The Bertz CT molecular complexity index is 997. The molecule has 0 heterocycles. The van der Waals surface area contributed by atoms with Crippen molar-refractivity contribution in [1.82, 2.24) is 0 Å². The van der Waals surface area contributed by atoms with E-state index in [0.717, 1.165) is 22.4 Å². The van der Waals surface area contributed by atoms with Crippen LogP contribution in [0, 0.1) is 19.7 Å². The first-order chi connectivity index (χ1) is 14.0. The van der Waals surface area contributed by atoms with Crippen molar-refractivity contribution < 1.29 is 18.7 Å². The fourth-order valence-electron chi connectivity index (χ4n) is 3.06. The summed E-state index contributed by atoms with van der Waals surface area (Å²) in [7, 11) is 0. The van der Waals surface area contributed by atoms with Gasteiger partial charge in [0.1, 0.15) is 23.9 Å². The smallest absolute Gasteiger partial charge is 0.255 e. The number of para-hydroxylation sites is 1. The van der Waals surface area contributed by atoms with E-state index in [1.807, 2.05) is 32.9 Å². The Morgan fingerprint density at radius 1 is 0.966 bits per heavy atom. The molecule has 0 unspecified atom stereocenters. The second-order valence-electron chi connectivity index (χ2n) is 6.80. The number of hydrogen-bond acceptors (Lipinski definition) is 3. The molecule has 0 aliphatic heterocycles. The number of rotatable bonds is 7. The molecule has 3 aromatic rings. The lowest BCUT2D eigenvalue weighted by atomic mass is 10.1. The molecule has 0 bridgehead atoms. The summed E-state index contributed by atoms with van der Waals surface area (Å²) < 4.78 is 25.4. The molecule has 0 spiro atoms. The Balaban J connectivity index is 1.81. The monoisotopic (exact) mass is 393 g/mol. The average molecular weight is 393 g/mol. The molecule has 150 valence electrons. The third-order valence-electron chi connectivity index (χ3n) is 4.33. The van der Waals surface area contributed by atoms with Gasteiger partial charge in [-0.25, -0.2) is 4.39 Å². The predicted octanol–water partition coefficient (Wildman–Crippen LogP) is 5.67. The number of nitrogens with one attached hydrogen (secondary N) is 1. The van der Waals surface area contributed by atoms with E-state index in [4.69, 9.17) is 9.47 Å². The summed E-state index contributed by atoms with van der Waals surface area (Å²) in [5.74, 6) is 0.529. The van der Waals surface area contributed by atoms with Crippen molar-refractivity contribution in [2.75, 3.05) is 11.9 Å². The van der Waals surface area contributed by atoms with E-state index in [-0.39, 0.29) is 12.3 Å². The largest absolute Gasteiger partial charge is 0.493 e. The number of hydrogen-bond donors (Lipinski definition) is 1. The minimum Gasteiger partial charge on any atom is -0.493 e. The predicted molar refractivity (Wildman–Crippen MR) is 112 cm³/mol. The fourth-order valence-corrected chi connectivity index (χ4v) is 3.06. The number of halogens is 1. The molecule has 0 aliphatic carbocycles. The summed E-state index contributed by atoms with van der Waals surface area (Å²) in [5.41, 5.74) is 3.51. The third kappa shape index (κ3) is 5.35. The van der Waals surface area contributed by atoms with E-state index < -0.39 is 11.7 Å². The molecule has 1 N–H and O–H groups in total. The zero-order chi connectivity index (χ0) is 20.8. The quantitative estimate of drug-likeness (QED) is 0.562. The number of anilines is 1. The van der Waals surface area contributed by atoms with Crippen LogP contribution in [0.1, 0.15) is 34.0 Å². The highest BCUT2D eigenvalue weighted by atomic mass is 19.1. The van der Waals surface area contributed by atoms with E-state index in [9.17, 15) is 9.18 Å². The van der Waals surface area contributed by atoms with Gasteiger partial charge in [0.2, 0.25) is 0 Å². The first-order valence-electron chi connectivity index (χ1n) is 9.49. The van der Waals surface area contributed by atoms with Gasteiger partial charge in [-0.2, -0.15) is 0 Å². The minimum absolute atomic E-state index is 0.138. The molecule has 0 aromatic heterocycles. The minimum atomic E-state index is -0.481. The molecule has 4 nitrogen and oxygen atoms in total. The summed E-state index contributed by atoms with van der Waals surface area (Å²) in [4.78, 5) is 12.6. The van der Waals surface area contributed by atoms with Gasteiger partial charge in [0, 0.05) is 11.1 Å². The Morgan fingerprint density at radius 3 is 2.38 bits per heavy atom. The Kier molecular flexibility index (Phi) is 6.50. The van der Waals surface area contributed by atoms with E-state index in [0.29, 0.717) is 17.9 Å². The average Bonchev–Trinajstić information content (AvgIpc) is 2.68. The van der Waals surface area contributed by atoms with Crippen molar-refractivity contribution in [3.8, 4) is 11.5 Å². The van der Waals surface area contributed by atoms with Crippen LogP contribution < -0.4 is 14.8 Å². The number of amides is 1. The molecule has 0 aliphatic rings. The maximum atomic E-state index is 13.8. The van der Waals surface area contributed by atoms with Crippen LogP contribution in [-0.4, -0.2) is 12.5 Å². The van der Waals surface area contributed by atoms with E-state index in [2.05, 4.69) is 11.4 Å². The zero-order valence-corrected chi connectivity index (χ0v) is 16.8. The molecule has 1 amide bonds. The fraction of sp³-hybridized carbons (Fsp3) is 0.208. The molecule has 29 heavy (non-hydrogen) atoms. The molecule has 5 heteroatoms. The zero-order valence-electron chi connectivity index (χ0n) is 16.8. The van der Waals surface area contributed by atoms with Gasteiger partial charge in [-0.1, -0.05) is 18.2 Å². The van der Waals surface area contributed by atoms with Gasteiger partial charge in [0.15, 0.2) is 0 Å². The number of ether oxygens (including phenoxy) is 2. The van der Waals surface area contributed by atoms with Gasteiger partial charge in [-0.3, -0.25) is 4.79 Å². The van der Waals surface area contributed by atoms with Crippen molar-refractivity contribution in [3.63, 3.8) is 0 Å². The normalized spacial score (nSPS) is 10.5. The topological polar surface area (TPSA) is 47.6 Å². The molecule has 0 fully saturated rings. The standard InChI is InChI=1S/C24H24FNO3/c1-4-28-23-10-9-18(24(27)26-22-8-6-5-7-21(22)25)14-19(23)15-29-20-12-16(2)11-17(3)13-20/h5-14H,4,15H2,1-3H3,(H,26,27). The first kappa shape index (κ1) is 20.4. The van der Waals surface area contributed by atoms with Crippen molar-refractivity contribution in [2.45, 2.75) is 27.4 Å². The molecular weight excluding hydrogens is 369 g/mol. The molecular formula is C24H24FNO3. The van der Waals surface area contributed by atoms with Crippen molar-refractivity contribution in [2.24, 2.45) is 0 Å².